The normalized spacial score (nSPS) is 12.7. The van der Waals surface area contributed by atoms with Crippen LogP contribution in [-0.4, -0.2) is 30.0 Å². The third kappa shape index (κ3) is 9.80. The lowest BCUT2D eigenvalue weighted by atomic mass is 10.3. The minimum atomic E-state index is -4.25. The van der Waals surface area contributed by atoms with Crippen LogP contribution in [0.1, 0.15) is 19.8 Å². The number of hydrogen-bond acceptors (Lipinski definition) is 4. The molecular formula is C6H14O4Si. The molecule has 0 unspecified atom stereocenters. The molecule has 0 radical (unpaired) electrons. The zero-order valence-electron chi connectivity index (χ0n) is 6.53. The Morgan fingerprint density at radius 1 is 1.27 bits per heavy atom. The van der Waals surface area contributed by atoms with E-state index in [1.54, 1.807) is 0 Å². The first-order chi connectivity index (χ1) is 5.06. The Kier molecular flexibility index (Phi) is 5.35. The van der Waals surface area contributed by atoms with Gasteiger partial charge in [-0.05, 0) is 12.8 Å². The first kappa shape index (κ1) is 10.8. The standard InChI is InChI=1S/C6H14O4Si/c1-2-3-4-5-6-10-11(7,8)9/h3-4,7-9H,2,5-6H2,1H3/b4-3-. The minimum absolute atomic E-state index is 0.145. The van der Waals surface area contributed by atoms with Crippen molar-refractivity contribution in [3.8, 4) is 0 Å². The second kappa shape index (κ2) is 5.45. The summed E-state index contributed by atoms with van der Waals surface area (Å²) in [6, 6.07) is 0. The molecule has 0 atom stereocenters. The predicted molar refractivity (Wildman–Crippen MR) is 42.4 cm³/mol. The fourth-order valence-electron chi connectivity index (χ4n) is 0.548. The topological polar surface area (TPSA) is 69.9 Å². The van der Waals surface area contributed by atoms with Crippen LogP contribution in [0.25, 0.3) is 0 Å². The van der Waals surface area contributed by atoms with Gasteiger partial charge in [-0.15, -0.1) is 0 Å². The van der Waals surface area contributed by atoms with E-state index in [2.05, 4.69) is 4.43 Å². The lowest BCUT2D eigenvalue weighted by molar-refractivity contribution is 0.0651. The molecule has 0 aromatic rings. The molecule has 0 aliphatic carbocycles. The molecule has 0 spiro atoms. The maximum atomic E-state index is 8.38. The van der Waals surface area contributed by atoms with Crippen LogP contribution in [0.15, 0.2) is 12.2 Å². The second-order valence-electron chi connectivity index (χ2n) is 2.09. The molecule has 0 saturated carbocycles. The minimum Gasteiger partial charge on any atom is -0.368 e. The van der Waals surface area contributed by atoms with Gasteiger partial charge >= 0.3 is 9.05 Å². The van der Waals surface area contributed by atoms with E-state index in [1.807, 2.05) is 19.1 Å². The zero-order chi connectivity index (χ0) is 8.74. The third-order valence-corrected chi connectivity index (χ3v) is 1.57. The summed E-state index contributed by atoms with van der Waals surface area (Å²) in [6.45, 7) is 2.15. The van der Waals surface area contributed by atoms with Crippen LogP contribution in [-0.2, 0) is 4.43 Å². The Hall–Kier alpha value is -0.203. The van der Waals surface area contributed by atoms with Gasteiger partial charge < -0.3 is 18.8 Å². The van der Waals surface area contributed by atoms with E-state index in [4.69, 9.17) is 14.4 Å². The molecule has 0 saturated heterocycles. The van der Waals surface area contributed by atoms with E-state index in [1.165, 1.54) is 0 Å². The van der Waals surface area contributed by atoms with Gasteiger partial charge in [-0.1, -0.05) is 19.1 Å². The molecule has 0 aliphatic rings. The summed E-state index contributed by atoms with van der Waals surface area (Å²) in [5, 5.41) is 0. The van der Waals surface area contributed by atoms with Gasteiger partial charge in [0, 0.05) is 6.61 Å². The van der Waals surface area contributed by atoms with Crippen LogP contribution >= 0.6 is 0 Å². The third-order valence-electron chi connectivity index (χ3n) is 0.983. The highest BCUT2D eigenvalue weighted by molar-refractivity contribution is 6.48. The van der Waals surface area contributed by atoms with E-state index in [0.717, 1.165) is 6.42 Å². The fourth-order valence-corrected chi connectivity index (χ4v) is 0.940. The fraction of sp³-hybridized carbons (Fsp3) is 0.667. The Balaban J connectivity index is 3.21. The van der Waals surface area contributed by atoms with Crippen molar-refractivity contribution in [1.82, 2.24) is 0 Å². The van der Waals surface area contributed by atoms with Gasteiger partial charge in [0.25, 0.3) is 0 Å². The summed E-state index contributed by atoms with van der Waals surface area (Å²) in [5.74, 6) is 0. The molecule has 4 nitrogen and oxygen atoms in total. The zero-order valence-corrected chi connectivity index (χ0v) is 7.53. The van der Waals surface area contributed by atoms with E-state index in [-0.39, 0.29) is 6.61 Å². The summed E-state index contributed by atoms with van der Waals surface area (Å²) < 4.78 is 4.33. The molecule has 0 aromatic heterocycles. The molecule has 11 heavy (non-hydrogen) atoms. The second-order valence-corrected chi connectivity index (χ2v) is 3.53. The molecule has 0 aliphatic heterocycles. The van der Waals surface area contributed by atoms with E-state index >= 15 is 0 Å². The molecule has 0 rings (SSSR count). The van der Waals surface area contributed by atoms with Crippen LogP contribution in [0.5, 0.6) is 0 Å². The summed E-state index contributed by atoms with van der Waals surface area (Å²) >= 11 is 0. The molecule has 0 fully saturated rings. The smallest absolute Gasteiger partial charge is 0.368 e. The summed E-state index contributed by atoms with van der Waals surface area (Å²) in [5.41, 5.74) is 0. The molecular weight excluding hydrogens is 164 g/mol. The Labute approximate surface area is 67.2 Å². The lowest BCUT2D eigenvalue weighted by Crippen LogP contribution is -2.39. The van der Waals surface area contributed by atoms with Gasteiger partial charge in [0.2, 0.25) is 0 Å². The van der Waals surface area contributed by atoms with Crippen molar-refractivity contribution < 1.29 is 18.8 Å². The molecule has 5 heteroatoms. The van der Waals surface area contributed by atoms with Crippen LogP contribution in [0, 0.1) is 0 Å². The average molecular weight is 178 g/mol. The van der Waals surface area contributed by atoms with Gasteiger partial charge in [-0.3, -0.25) is 0 Å². The average Bonchev–Trinajstić information content (AvgIpc) is 1.85. The largest absolute Gasteiger partial charge is 0.671 e. The first-order valence-electron chi connectivity index (χ1n) is 3.52. The first-order valence-corrected chi connectivity index (χ1v) is 5.27. The molecule has 0 heterocycles. The van der Waals surface area contributed by atoms with E-state index < -0.39 is 9.05 Å². The highest BCUT2D eigenvalue weighted by atomic mass is 28.4. The molecule has 66 valence electrons. The number of allylic oxidation sites excluding steroid dienone is 1. The van der Waals surface area contributed by atoms with Gasteiger partial charge in [-0.25, -0.2) is 0 Å². The van der Waals surface area contributed by atoms with Crippen molar-refractivity contribution in [3.63, 3.8) is 0 Å². The van der Waals surface area contributed by atoms with E-state index in [0.29, 0.717) is 6.42 Å². The van der Waals surface area contributed by atoms with Gasteiger partial charge in [0.05, 0.1) is 0 Å². The quantitative estimate of drug-likeness (QED) is 0.309. The molecule has 3 N–H and O–H groups in total. The van der Waals surface area contributed by atoms with Crippen molar-refractivity contribution in [2.75, 3.05) is 6.61 Å². The monoisotopic (exact) mass is 178 g/mol. The van der Waals surface area contributed by atoms with E-state index in [9.17, 15) is 0 Å². The summed E-state index contributed by atoms with van der Waals surface area (Å²) in [7, 11) is -4.25. The SMILES string of the molecule is CC/C=C\CCO[Si](O)(O)O. The summed E-state index contributed by atoms with van der Waals surface area (Å²) in [4.78, 5) is 25.1. The van der Waals surface area contributed by atoms with Crippen molar-refractivity contribution in [3.05, 3.63) is 12.2 Å². The maximum absolute atomic E-state index is 8.38. The van der Waals surface area contributed by atoms with Crippen LogP contribution in [0.4, 0.5) is 0 Å². The Morgan fingerprint density at radius 2 is 1.91 bits per heavy atom. The lowest BCUT2D eigenvalue weighted by Gasteiger charge is -2.07. The highest BCUT2D eigenvalue weighted by Gasteiger charge is 2.29. The Morgan fingerprint density at radius 3 is 2.36 bits per heavy atom. The Bertz CT molecular complexity index is 118. The molecule has 0 aromatic carbocycles. The van der Waals surface area contributed by atoms with Crippen LogP contribution in [0.2, 0.25) is 0 Å². The van der Waals surface area contributed by atoms with Gasteiger partial charge in [0.15, 0.2) is 0 Å². The van der Waals surface area contributed by atoms with Gasteiger partial charge in [0.1, 0.15) is 0 Å². The number of hydrogen-bond donors (Lipinski definition) is 3. The van der Waals surface area contributed by atoms with Crippen LogP contribution < -0.4 is 0 Å². The van der Waals surface area contributed by atoms with Gasteiger partial charge in [-0.2, -0.15) is 0 Å². The van der Waals surface area contributed by atoms with Crippen molar-refractivity contribution in [2.24, 2.45) is 0 Å². The van der Waals surface area contributed by atoms with Crippen molar-refractivity contribution >= 4 is 9.05 Å². The highest BCUT2D eigenvalue weighted by Crippen LogP contribution is 1.93. The van der Waals surface area contributed by atoms with Crippen molar-refractivity contribution in [2.45, 2.75) is 19.8 Å². The summed E-state index contributed by atoms with van der Waals surface area (Å²) in [6.07, 6.45) is 5.34. The van der Waals surface area contributed by atoms with Crippen molar-refractivity contribution in [1.29, 1.82) is 0 Å². The number of rotatable bonds is 5. The molecule has 0 amide bonds. The maximum Gasteiger partial charge on any atom is 0.671 e. The predicted octanol–water partition coefficient (Wildman–Crippen LogP) is -0.228. The molecule has 0 bridgehead atoms. The van der Waals surface area contributed by atoms with Crippen LogP contribution in [0.3, 0.4) is 0 Å².